The van der Waals surface area contributed by atoms with Crippen molar-refractivity contribution in [3.05, 3.63) is 29.6 Å². The molecule has 0 aliphatic carbocycles. The number of hydrogen-bond donors (Lipinski definition) is 2. The first-order valence-electron chi connectivity index (χ1n) is 6.05. The molecule has 1 amide bonds. The molecule has 3 N–H and O–H groups in total. The molecule has 18 heavy (non-hydrogen) atoms. The molecule has 0 radical (unpaired) electrons. The van der Waals surface area contributed by atoms with Gasteiger partial charge in [0.15, 0.2) is 0 Å². The lowest BCUT2D eigenvalue weighted by Crippen LogP contribution is -2.30. The maximum Gasteiger partial charge on any atom is 0.266 e. The molecule has 1 aliphatic rings. The summed E-state index contributed by atoms with van der Waals surface area (Å²) >= 11 is 0. The van der Waals surface area contributed by atoms with Crippen LogP contribution in [-0.4, -0.2) is 42.1 Å². The lowest BCUT2D eigenvalue weighted by molar-refractivity contribution is 0.0953. The Balaban J connectivity index is 1.94. The van der Waals surface area contributed by atoms with Gasteiger partial charge in [-0.1, -0.05) is 0 Å². The number of nitrogen functional groups attached to an aromatic ring is 1. The summed E-state index contributed by atoms with van der Waals surface area (Å²) in [6.07, 6.45) is 2.60. The molecular weight excluding hydrogens is 232 g/mol. The molecule has 1 aliphatic heterocycles. The van der Waals surface area contributed by atoms with E-state index in [0.717, 1.165) is 45.0 Å². The highest BCUT2D eigenvalue weighted by atomic mass is 16.5. The number of ether oxygens (including phenoxy) is 1. The summed E-state index contributed by atoms with van der Waals surface area (Å²) in [4.78, 5) is 17.8. The van der Waals surface area contributed by atoms with Gasteiger partial charge in [0.25, 0.3) is 5.91 Å². The molecular formula is C12H18N4O2. The lowest BCUT2D eigenvalue weighted by atomic mass is 10.2. The summed E-state index contributed by atoms with van der Waals surface area (Å²) in [5.74, 6) is 4.74. The Kier molecular flexibility index (Phi) is 4.63. The number of nitrogens with zero attached hydrogens (tertiary/aromatic N) is 2. The van der Waals surface area contributed by atoms with Gasteiger partial charge in [-0.05, 0) is 18.6 Å². The molecule has 6 heteroatoms. The molecule has 98 valence electrons. The van der Waals surface area contributed by atoms with Crippen LogP contribution in [0.5, 0.6) is 0 Å². The molecule has 0 bridgehead atoms. The molecule has 1 aromatic rings. The topological polar surface area (TPSA) is 80.5 Å². The van der Waals surface area contributed by atoms with E-state index in [9.17, 15) is 4.79 Å². The van der Waals surface area contributed by atoms with Crippen molar-refractivity contribution < 1.29 is 9.53 Å². The first kappa shape index (κ1) is 12.9. The van der Waals surface area contributed by atoms with Crippen LogP contribution in [0.25, 0.3) is 0 Å². The van der Waals surface area contributed by atoms with Crippen LogP contribution < -0.4 is 11.3 Å². The van der Waals surface area contributed by atoms with Gasteiger partial charge >= 0.3 is 0 Å². The van der Waals surface area contributed by atoms with Crippen LogP contribution in [-0.2, 0) is 11.3 Å². The number of nitrogens with one attached hydrogen (secondary N) is 1. The Morgan fingerprint density at radius 3 is 3.06 bits per heavy atom. The number of amides is 1. The van der Waals surface area contributed by atoms with Gasteiger partial charge in [-0.3, -0.25) is 20.1 Å². The zero-order chi connectivity index (χ0) is 12.8. The van der Waals surface area contributed by atoms with Gasteiger partial charge in [0, 0.05) is 32.4 Å². The highest BCUT2D eigenvalue weighted by molar-refractivity contribution is 5.93. The number of carbonyl (C=O) groups excluding carboxylic acids is 1. The minimum absolute atomic E-state index is 0.322. The van der Waals surface area contributed by atoms with Crippen LogP contribution in [0.1, 0.15) is 22.5 Å². The fraction of sp³-hybridized carbons (Fsp3) is 0.500. The summed E-state index contributed by atoms with van der Waals surface area (Å²) in [5.41, 5.74) is 3.51. The molecule has 6 nitrogen and oxygen atoms in total. The van der Waals surface area contributed by atoms with Gasteiger partial charge in [0.2, 0.25) is 0 Å². The van der Waals surface area contributed by atoms with Gasteiger partial charge in [0.1, 0.15) is 0 Å². The number of pyridine rings is 1. The first-order chi connectivity index (χ1) is 8.79. The van der Waals surface area contributed by atoms with Crippen molar-refractivity contribution in [1.82, 2.24) is 15.3 Å². The minimum Gasteiger partial charge on any atom is -0.380 e. The third-order valence-electron chi connectivity index (χ3n) is 2.92. The quantitative estimate of drug-likeness (QED) is 0.445. The summed E-state index contributed by atoms with van der Waals surface area (Å²) in [7, 11) is 0. The van der Waals surface area contributed by atoms with E-state index in [2.05, 4.69) is 15.3 Å². The van der Waals surface area contributed by atoms with Crippen LogP contribution in [0.3, 0.4) is 0 Å². The van der Waals surface area contributed by atoms with Crippen molar-refractivity contribution in [1.29, 1.82) is 0 Å². The number of rotatable bonds is 3. The fourth-order valence-corrected chi connectivity index (χ4v) is 1.92. The second-order valence-electron chi connectivity index (χ2n) is 4.25. The van der Waals surface area contributed by atoms with Crippen LogP contribution in [0.4, 0.5) is 0 Å². The Morgan fingerprint density at radius 2 is 2.33 bits per heavy atom. The standard InChI is InChI=1S/C12H18N4O2/c13-15-12(17)10-2-3-11(14-8-10)9-16-4-1-6-18-7-5-16/h2-3,8H,1,4-7,9,13H2,(H,15,17). The highest BCUT2D eigenvalue weighted by Crippen LogP contribution is 2.06. The normalized spacial score (nSPS) is 17.2. The van der Waals surface area contributed by atoms with Crippen molar-refractivity contribution in [2.45, 2.75) is 13.0 Å². The number of hydrogen-bond acceptors (Lipinski definition) is 5. The van der Waals surface area contributed by atoms with Crippen molar-refractivity contribution >= 4 is 5.91 Å². The molecule has 0 aromatic carbocycles. The predicted octanol–water partition coefficient (Wildman–Crippen LogP) is -0.0926. The summed E-state index contributed by atoms with van der Waals surface area (Å²) in [6, 6.07) is 3.59. The molecule has 2 heterocycles. The highest BCUT2D eigenvalue weighted by Gasteiger charge is 2.11. The van der Waals surface area contributed by atoms with Gasteiger partial charge in [-0.25, -0.2) is 5.84 Å². The van der Waals surface area contributed by atoms with Crippen molar-refractivity contribution in [3.63, 3.8) is 0 Å². The van der Waals surface area contributed by atoms with E-state index < -0.39 is 0 Å². The molecule has 1 fully saturated rings. The smallest absolute Gasteiger partial charge is 0.266 e. The fourth-order valence-electron chi connectivity index (χ4n) is 1.92. The van der Waals surface area contributed by atoms with Crippen molar-refractivity contribution in [2.75, 3.05) is 26.3 Å². The molecule has 0 unspecified atom stereocenters. The summed E-state index contributed by atoms with van der Waals surface area (Å²) < 4.78 is 5.40. The molecule has 0 saturated carbocycles. The monoisotopic (exact) mass is 250 g/mol. The third-order valence-corrected chi connectivity index (χ3v) is 2.92. The van der Waals surface area contributed by atoms with Crippen LogP contribution in [0.15, 0.2) is 18.3 Å². The zero-order valence-electron chi connectivity index (χ0n) is 10.3. The second-order valence-corrected chi connectivity index (χ2v) is 4.25. The molecule has 1 aromatic heterocycles. The minimum atomic E-state index is -0.322. The average Bonchev–Trinajstić information content (AvgIpc) is 2.67. The van der Waals surface area contributed by atoms with E-state index in [1.165, 1.54) is 0 Å². The van der Waals surface area contributed by atoms with Crippen molar-refractivity contribution in [3.8, 4) is 0 Å². The Hall–Kier alpha value is -1.50. The van der Waals surface area contributed by atoms with E-state index in [4.69, 9.17) is 10.6 Å². The van der Waals surface area contributed by atoms with Crippen LogP contribution in [0.2, 0.25) is 0 Å². The van der Waals surface area contributed by atoms with E-state index in [1.54, 1.807) is 12.3 Å². The Bertz CT molecular complexity index is 386. The van der Waals surface area contributed by atoms with Crippen molar-refractivity contribution in [2.24, 2.45) is 5.84 Å². The molecule has 0 atom stereocenters. The van der Waals surface area contributed by atoms with Gasteiger partial charge in [-0.15, -0.1) is 0 Å². The SMILES string of the molecule is NNC(=O)c1ccc(CN2CCCOCC2)nc1. The van der Waals surface area contributed by atoms with Gasteiger partial charge < -0.3 is 4.74 Å². The van der Waals surface area contributed by atoms with E-state index in [-0.39, 0.29) is 5.91 Å². The largest absolute Gasteiger partial charge is 0.380 e. The number of carbonyl (C=O) groups is 1. The molecule has 1 saturated heterocycles. The average molecular weight is 250 g/mol. The maximum absolute atomic E-state index is 11.3. The van der Waals surface area contributed by atoms with E-state index in [0.29, 0.717) is 5.56 Å². The number of nitrogens with two attached hydrogens (primary N) is 1. The third kappa shape index (κ3) is 3.49. The van der Waals surface area contributed by atoms with Gasteiger partial charge in [0.05, 0.1) is 17.9 Å². The number of hydrazine groups is 1. The van der Waals surface area contributed by atoms with E-state index >= 15 is 0 Å². The first-order valence-corrected chi connectivity index (χ1v) is 6.05. The van der Waals surface area contributed by atoms with Crippen LogP contribution in [0, 0.1) is 0 Å². The Morgan fingerprint density at radius 1 is 1.44 bits per heavy atom. The second kappa shape index (κ2) is 6.44. The zero-order valence-corrected chi connectivity index (χ0v) is 10.3. The Labute approximate surface area is 106 Å². The van der Waals surface area contributed by atoms with E-state index in [1.807, 2.05) is 6.07 Å². The molecule has 0 spiro atoms. The lowest BCUT2D eigenvalue weighted by Gasteiger charge is -2.18. The maximum atomic E-state index is 11.3. The predicted molar refractivity (Wildman–Crippen MR) is 66.6 cm³/mol. The van der Waals surface area contributed by atoms with Gasteiger partial charge in [-0.2, -0.15) is 0 Å². The summed E-state index contributed by atoms with van der Waals surface area (Å²) in [5, 5.41) is 0. The number of aromatic nitrogens is 1. The molecule has 2 rings (SSSR count). The van der Waals surface area contributed by atoms with Crippen LogP contribution >= 0.6 is 0 Å². The summed E-state index contributed by atoms with van der Waals surface area (Å²) in [6.45, 7) is 4.33.